The maximum Gasteiger partial charge on any atom is 0.220 e. The summed E-state index contributed by atoms with van der Waals surface area (Å²) in [5, 5.41) is 2.88. The van der Waals surface area contributed by atoms with E-state index < -0.39 is 0 Å². The van der Waals surface area contributed by atoms with Gasteiger partial charge in [-0.05, 0) is 29.7 Å². The topological polar surface area (TPSA) is 73.6 Å². The average Bonchev–Trinajstić information content (AvgIpc) is 2.64. The van der Waals surface area contributed by atoms with Gasteiger partial charge in [-0.25, -0.2) is 0 Å². The molecule has 0 bridgehead atoms. The van der Waals surface area contributed by atoms with Crippen molar-refractivity contribution >= 4 is 18.3 Å². The second-order valence-corrected chi connectivity index (χ2v) is 5.51. The molecule has 0 radical (unpaired) electrons. The number of amides is 1. The van der Waals surface area contributed by atoms with Gasteiger partial charge in [0.1, 0.15) is 0 Å². The summed E-state index contributed by atoms with van der Waals surface area (Å²) in [7, 11) is 3.19. The fourth-order valence-corrected chi connectivity index (χ4v) is 2.42. The molecule has 1 unspecified atom stereocenters. The first-order valence-corrected chi connectivity index (χ1v) is 7.92. The Balaban J connectivity index is 0.00000312. The van der Waals surface area contributed by atoms with Crippen LogP contribution in [0.25, 0.3) is 0 Å². The van der Waals surface area contributed by atoms with Gasteiger partial charge in [-0.1, -0.05) is 36.4 Å². The molecule has 2 aromatic carbocycles. The largest absolute Gasteiger partial charge is 0.493 e. The van der Waals surface area contributed by atoms with Crippen LogP contribution < -0.4 is 20.5 Å². The van der Waals surface area contributed by atoms with Gasteiger partial charge < -0.3 is 20.5 Å². The van der Waals surface area contributed by atoms with Gasteiger partial charge in [0.25, 0.3) is 0 Å². The summed E-state index contributed by atoms with van der Waals surface area (Å²) in [4.78, 5) is 12.0. The van der Waals surface area contributed by atoms with E-state index in [1.807, 2.05) is 48.5 Å². The van der Waals surface area contributed by atoms with Crippen molar-refractivity contribution in [1.82, 2.24) is 5.32 Å². The summed E-state index contributed by atoms with van der Waals surface area (Å²) in [6, 6.07) is 15.2. The Morgan fingerprint density at radius 1 is 1.08 bits per heavy atom. The van der Waals surface area contributed by atoms with Crippen LogP contribution in [0.2, 0.25) is 0 Å². The van der Waals surface area contributed by atoms with Gasteiger partial charge in [0.15, 0.2) is 11.5 Å². The zero-order valence-electron chi connectivity index (χ0n) is 14.5. The monoisotopic (exact) mass is 364 g/mol. The lowest BCUT2D eigenvalue weighted by Gasteiger charge is -2.13. The molecule has 0 aliphatic carbocycles. The zero-order valence-corrected chi connectivity index (χ0v) is 15.3. The molecule has 0 fully saturated rings. The Hall–Kier alpha value is -2.24. The summed E-state index contributed by atoms with van der Waals surface area (Å²) in [6.45, 7) is 0.425. The number of ether oxygens (including phenoxy) is 2. The Kier molecular flexibility index (Phi) is 8.81. The van der Waals surface area contributed by atoms with Crippen molar-refractivity contribution in [2.45, 2.75) is 18.9 Å². The van der Waals surface area contributed by atoms with E-state index in [2.05, 4.69) is 5.32 Å². The summed E-state index contributed by atoms with van der Waals surface area (Å²) in [5.74, 6) is 1.33. The maximum atomic E-state index is 12.0. The van der Waals surface area contributed by atoms with Crippen LogP contribution in [-0.4, -0.2) is 26.7 Å². The molecular weight excluding hydrogens is 340 g/mol. The lowest BCUT2D eigenvalue weighted by atomic mass is 10.1. The molecule has 0 aliphatic heterocycles. The van der Waals surface area contributed by atoms with Gasteiger partial charge >= 0.3 is 0 Å². The minimum Gasteiger partial charge on any atom is -0.493 e. The van der Waals surface area contributed by atoms with Crippen LogP contribution in [0, 0.1) is 0 Å². The fraction of sp³-hybridized carbons (Fsp3) is 0.316. The molecule has 0 saturated heterocycles. The molecule has 0 heterocycles. The molecule has 2 aromatic rings. The molecule has 6 heteroatoms. The van der Waals surface area contributed by atoms with Gasteiger partial charge in [-0.15, -0.1) is 12.4 Å². The minimum atomic E-state index is -0.198. The number of carbonyl (C=O) groups is 1. The lowest BCUT2D eigenvalue weighted by Crippen LogP contribution is -2.32. The van der Waals surface area contributed by atoms with Crippen molar-refractivity contribution in [3.63, 3.8) is 0 Å². The molecule has 5 nitrogen and oxygen atoms in total. The molecule has 2 rings (SSSR count). The van der Waals surface area contributed by atoms with Crippen LogP contribution in [0.4, 0.5) is 0 Å². The predicted octanol–water partition coefficient (Wildman–Crippen LogP) is 2.87. The highest BCUT2D eigenvalue weighted by molar-refractivity contribution is 5.85. The lowest BCUT2D eigenvalue weighted by molar-refractivity contribution is -0.121. The van der Waals surface area contributed by atoms with E-state index in [1.54, 1.807) is 14.2 Å². The normalized spacial score (nSPS) is 11.2. The van der Waals surface area contributed by atoms with Gasteiger partial charge in [-0.2, -0.15) is 0 Å². The Labute approximate surface area is 154 Å². The third-order valence-corrected chi connectivity index (χ3v) is 3.84. The third kappa shape index (κ3) is 6.29. The van der Waals surface area contributed by atoms with E-state index in [0.29, 0.717) is 30.9 Å². The van der Waals surface area contributed by atoms with E-state index in [4.69, 9.17) is 15.2 Å². The number of methoxy groups -OCH3 is 2. The van der Waals surface area contributed by atoms with Gasteiger partial charge in [0.05, 0.1) is 14.2 Å². The summed E-state index contributed by atoms with van der Waals surface area (Å²) >= 11 is 0. The number of carbonyl (C=O) groups excluding carboxylic acids is 1. The summed E-state index contributed by atoms with van der Waals surface area (Å²) in [5.41, 5.74) is 8.11. The number of nitrogens with one attached hydrogen (secondary N) is 1. The highest BCUT2D eigenvalue weighted by Gasteiger charge is 2.09. The van der Waals surface area contributed by atoms with Crippen molar-refractivity contribution in [2.24, 2.45) is 5.73 Å². The second-order valence-electron chi connectivity index (χ2n) is 5.51. The van der Waals surface area contributed by atoms with Gasteiger partial charge in [0.2, 0.25) is 5.91 Å². The number of hydrogen-bond acceptors (Lipinski definition) is 4. The van der Waals surface area contributed by atoms with Crippen LogP contribution in [0.1, 0.15) is 23.6 Å². The molecule has 0 spiro atoms. The van der Waals surface area contributed by atoms with Crippen LogP contribution in [0.15, 0.2) is 48.5 Å². The number of hydrogen-bond donors (Lipinski definition) is 2. The van der Waals surface area contributed by atoms with E-state index in [-0.39, 0.29) is 24.4 Å². The van der Waals surface area contributed by atoms with E-state index >= 15 is 0 Å². The Morgan fingerprint density at radius 2 is 1.76 bits per heavy atom. The van der Waals surface area contributed by atoms with Gasteiger partial charge in [-0.3, -0.25) is 4.79 Å². The second kappa shape index (κ2) is 10.6. The number of benzene rings is 2. The molecule has 136 valence electrons. The minimum absolute atomic E-state index is 0. The highest BCUT2D eigenvalue weighted by atomic mass is 35.5. The van der Waals surface area contributed by atoms with E-state index in [0.717, 1.165) is 11.1 Å². The van der Waals surface area contributed by atoms with Crippen LogP contribution in [0.5, 0.6) is 11.5 Å². The molecule has 0 aromatic heterocycles. The van der Waals surface area contributed by atoms with Crippen LogP contribution in [-0.2, 0) is 11.2 Å². The maximum absolute atomic E-state index is 12.0. The first-order valence-electron chi connectivity index (χ1n) is 7.92. The molecule has 0 saturated carbocycles. The van der Waals surface area contributed by atoms with Crippen LogP contribution >= 0.6 is 12.4 Å². The molecule has 25 heavy (non-hydrogen) atoms. The number of halogens is 1. The van der Waals surface area contributed by atoms with Crippen molar-refractivity contribution < 1.29 is 14.3 Å². The Bertz CT molecular complexity index is 665. The molecule has 3 N–H and O–H groups in total. The number of rotatable bonds is 8. The summed E-state index contributed by atoms with van der Waals surface area (Å²) in [6.07, 6.45) is 1.03. The number of nitrogens with two attached hydrogens (primary N) is 1. The quantitative estimate of drug-likeness (QED) is 0.755. The fourth-order valence-electron chi connectivity index (χ4n) is 2.42. The van der Waals surface area contributed by atoms with Crippen molar-refractivity contribution in [3.8, 4) is 11.5 Å². The average molecular weight is 365 g/mol. The standard InChI is InChI=1S/C19H24N2O3.ClH/c1-23-17-10-8-14(12-18(17)24-2)9-11-19(22)21-13-16(20)15-6-4-3-5-7-15;/h3-8,10,12,16H,9,11,13,20H2,1-2H3,(H,21,22);1H. The molecule has 0 aliphatic rings. The first kappa shape index (κ1) is 20.8. The highest BCUT2D eigenvalue weighted by Crippen LogP contribution is 2.27. The smallest absolute Gasteiger partial charge is 0.220 e. The van der Waals surface area contributed by atoms with E-state index in [1.165, 1.54) is 0 Å². The molecular formula is C19H25ClN2O3. The first-order chi connectivity index (χ1) is 11.6. The van der Waals surface area contributed by atoms with Crippen LogP contribution in [0.3, 0.4) is 0 Å². The van der Waals surface area contributed by atoms with Crippen molar-refractivity contribution in [3.05, 3.63) is 59.7 Å². The zero-order chi connectivity index (χ0) is 17.4. The van der Waals surface area contributed by atoms with Gasteiger partial charge in [0, 0.05) is 19.0 Å². The third-order valence-electron chi connectivity index (χ3n) is 3.84. The molecule has 1 atom stereocenters. The SMILES string of the molecule is COc1ccc(CCC(=O)NCC(N)c2ccccc2)cc1OC.Cl. The number of aryl methyl sites for hydroxylation is 1. The van der Waals surface area contributed by atoms with E-state index in [9.17, 15) is 4.79 Å². The van der Waals surface area contributed by atoms with Crippen molar-refractivity contribution in [1.29, 1.82) is 0 Å². The van der Waals surface area contributed by atoms with Crippen molar-refractivity contribution in [2.75, 3.05) is 20.8 Å². The molecule has 1 amide bonds. The predicted molar refractivity (Wildman–Crippen MR) is 101 cm³/mol. The summed E-state index contributed by atoms with van der Waals surface area (Å²) < 4.78 is 10.5. The Morgan fingerprint density at radius 3 is 2.40 bits per heavy atom.